The van der Waals surface area contributed by atoms with Gasteiger partial charge in [0.05, 0.1) is 6.10 Å². The van der Waals surface area contributed by atoms with Gasteiger partial charge in [-0.2, -0.15) is 0 Å². The maximum Gasteiger partial charge on any atom is 0.128 e. The van der Waals surface area contributed by atoms with Gasteiger partial charge in [0, 0.05) is 32.4 Å². The Morgan fingerprint density at radius 3 is 2.94 bits per heavy atom. The van der Waals surface area contributed by atoms with E-state index in [2.05, 4.69) is 16.8 Å². The zero-order valence-corrected chi connectivity index (χ0v) is 10.4. The highest BCUT2D eigenvalue weighted by Gasteiger charge is 2.19. The minimum Gasteiger partial charge on any atom is -0.376 e. The number of anilines is 1. The fraction of sp³-hybridized carbons (Fsp3) is 0.615. The zero-order chi connectivity index (χ0) is 12.1. The average Bonchev–Trinajstić information content (AvgIpc) is 2.89. The molecule has 0 radical (unpaired) electrons. The van der Waals surface area contributed by atoms with Gasteiger partial charge in [-0.1, -0.05) is 6.07 Å². The van der Waals surface area contributed by atoms with Crippen LogP contribution in [0.5, 0.6) is 0 Å². The minimum absolute atomic E-state index is 0.367. The van der Waals surface area contributed by atoms with Crippen LogP contribution in [-0.2, 0) is 11.3 Å². The van der Waals surface area contributed by atoms with Gasteiger partial charge in [0.2, 0.25) is 0 Å². The van der Waals surface area contributed by atoms with Crippen molar-refractivity contribution in [2.45, 2.75) is 32.4 Å². The van der Waals surface area contributed by atoms with Crippen LogP contribution in [0.1, 0.15) is 25.3 Å². The van der Waals surface area contributed by atoms with Crippen LogP contribution < -0.4 is 10.6 Å². The van der Waals surface area contributed by atoms with Crippen LogP contribution in [0.2, 0.25) is 0 Å². The van der Waals surface area contributed by atoms with E-state index in [-0.39, 0.29) is 0 Å². The summed E-state index contributed by atoms with van der Waals surface area (Å²) in [6, 6.07) is 4.08. The first-order valence-corrected chi connectivity index (χ1v) is 6.35. The fourth-order valence-electron chi connectivity index (χ4n) is 2.14. The third kappa shape index (κ3) is 3.17. The lowest BCUT2D eigenvalue weighted by Gasteiger charge is -2.25. The molecule has 0 saturated carbocycles. The molecule has 2 heterocycles. The van der Waals surface area contributed by atoms with Gasteiger partial charge in [-0.05, 0) is 31.4 Å². The molecule has 1 aromatic heterocycles. The van der Waals surface area contributed by atoms with Gasteiger partial charge in [-0.15, -0.1) is 0 Å². The number of hydrogen-bond acceptors (Lipinski definition) is 4. The Morgan fingerprint density at radius 2 is 2.41 bits per heavy atom. The summed E-state index contributed by atoms with van der Waals surface area (Å²) in [5.74, 6) is 1.01. The molecule has 4 nitrogen and oxygen atoms in total. The predicted octanol–water partition coefficient (Wildman–Crippen LogP) is 1.55. The van der Waals surface area contributed by atoms with Gasteiger partial charge >= 0.3 is 0 Å². The maximum absolute atomic E-state index is 5.66. The predicted molar refractivity (Wildman–Crippen MR) is 69.0 cm³/mol. The average molecular weight is 235 g/mol. The Hall–Kier alpha value is -1.13. The number of rotatable bonds is 5. The summed E-state index contributed by atoms with van der Waals surface area (Å²) in [6.45, 7) is 5.49. The quantitative estimate of drug-likeness (QED) is 0.841. The molecule has 0 amide bonds. The van der Waals surface area contributed by atoms with Crippen molar-refractivity contribution in [2.24, 2.45) is 5.73 Å². The van der Waals surface area contributed by atoms with Crippen LogP contribution in [0.25, 0.3) is 0 Å². The molecule has 4 heteroatoms. The Kier molecular flexibility index (Phi) is 4.34. The van der Waals surface area contributed by atoms with E-state index in [1.54, 1.807) is 0 Å². The third-order valence-corrected chi connectivity index (χ3v) is 3.20. The van der Waals surface area contributed by atoms with E-state index in [1.807, 2.05) is 18.3 Å². The van der Waals surface area contributed by atoms with E-state index in [0.717, 1.165) is 37.5 Å². The Balaban J connectivity index is 2.00. The van der Waals surface area contributed by atoms with Crippen LogP contribution >= 0.6 is 0 Å². The summed E-state index contributed by atoms with van der Waals surface area (Å²) in [7, 11) is 0. The van der Waals surface area contributed by atoms with Crippen molar-refractivity contribution in [3.05, 3.63) is 23.9 Å². The lowest BCUT2D eigenvalue weighted by Crippen LogP contribution is -2.32. The second-order valence-corrected chi connectivity index (χ2v) is 4.40. The number of likely N-dealkylation sites (N-methyl/N-ethyl adjacent to an activating group) is 1. The molecule has 1 aliphatic heterocycles. The van der Waals surface area contributed by atoms with E-state index < -0.39 is 0 Å². The van der Waals surface area contributed by atoms with Crippen molar-refractivity contribution in [3.63, 3.8) is 0 Å². The normalized spacial score (nSPS) is 19.5. The number of pyridine rings is 1. The van der Waals surface area contributed by atoms with E-state index in [1.165, 1.54) is 6.42 Å². The monoisotopic (exact) mass is 235 g/mol. The first-order chi connectivity index (χ1) is 8.33. The van der Waals surface area contributed by atoms with Gasteiger partial charge in [-0.25, -0.2) is 4.98 Å². The maximum atomic E-state index is 5.66. The fourth-order valence-corrected chi connectivity index (χ4v) is 2.14. The van der Waals surface area contributed by atoms with Crippen LogP contribution in [-0.4, -0.2) is 30.8 Å². The molecule has 17 heavy (non-hydrogen) atoms. The molecule has 1 atom stereocenters. The molecule has 2 N–H and O–H groups in total. The molecular weight excluding hydrogens is 214 g/mol. The van der Waals surface area contributed by atoms with Gasteiger partial charge in [0.1, 0.15) is 5.82 Å². The second kappa shape index (κ2) is 5.98. The Labute approximate surface area is 103 Å². The summed E-state index contributed by atoms with van der Waals surface area (Å²) in [4.78, 5) is 6.71. The second-order valence-electron chi connectivity index (χ2n) is 4.40. The lowest BCUT2D eigenvalue weighted by atomic mass is 10.2. The van der Waals surface area contributed by atoms with Crippen molar-refractivity contribution in [3.8, 4) is 0 Å². The topological polar surface area (TPSA) is 51.4 Å². The number of nitrogens with two attached hydrogens (primary N) is 1. The molecule has 1 saturated heterocycles. The van der Waals surface area contributed by atoms with Crippen molar-refractivity contribution in [1.29, 1.82) is 0 Å². The summed E-state index contributed by atoms with van der Waals surface area (Å²) >= 11 is 0. The van der Waals surface area contributed by atoms with Crippen LogP contribution in [0.4, 0.5) is 5.82 Å². The molecular formula is C13H21N3O. The lowest BCUT2D eigenvalue weighted by molar-refractivity contribution is 0.115. The van der Waals surface area contributed by atoms with Crippen LogP contribution in [0.3, 0.4) is 0 Å². The Morgan fingerprint density at radius 1 is 1.53 bits per heavy atom. The number of aromatic nitrogens is 1. The molecule has 0 bridgehead atoms. The van der Waals surface area contributed by atoms with Crippen LogP contribution in [0, 0.1) is 0 Å². The van der Waals surface area contributed by atoms with Gasteiger partial charge in [0.25, 0.3) is 0 Å². The smallest absolute Gasteiger partial charge is 0.128 e. The standard InChI is InChI=1S/C13H21N3O/c1-2-16(10-12-4-3-7-17-12)13-6-5-11(8-14)9-15-13/h5-6,9,12H,2-4,7-8,10,14H2,1H3. The molecule has 94 valence electrons. The summed E-state index contributed by atoms with van der Waals surface area (Å²) in [5.41, 5.74) is 6.64. The number of hydrogen-bond donors (Lipinski definition) is 1. The van der Waals surface area contributed by atoms with Gasteiger partial charge in [0.15, 0.2) is 0 Å². The first kappa shape index (κ1) is 12.3. The molecule has 1 fully saturated rings. The highest BCUT2D eigenvalue weighted by atomic mass is 16.5. The first-order valence-electron chi connectivity index (χ1n) is 6.35. The van der Waals surface area contributed by atoms with Gasteiger partial charge in [-0.3, -0.25) is 0 Å². The molecule has 0 aliphatic carbocycles. The largest absolute Gasteiger partial charge is 0.376 e. The highest BCUT2D eigenvalue weighted by Crippen LogP contribution is 2.17. The van der Waals surface area contributed by atoms with Crippen LogP contribution in [0.15, 0.2) is 18.3 Å². The van der Waals surface area contributed by atoms with E-state index in [9.17, 15) is 0 Å². The molecule has 1 unspecified atom stereocenters. The molecule has 1 aliphatic rings. The third-order valence-electron chi connectivity index (χ3n) is 3.20. The molecule has 2 rings (SSSR count). The van der Waals surface area contributed by atoms with Crippen molar-refractivity contribution < 1.29 is 4.74 Å². The Bertz CT molecular complexity index is 333. The number of nitrogens with zero attached hydrogens (tertiary/aromatic N) is 2. The van der Waals surface area contributed by atoms with Crippen molar-refractivity contribution >= 4 is 5.82 Å². The summed E-state index contributed by atoms with van der Waals surface area (Å²) < 4.78 is 5.66. The van der Waals surface area contributed by atoms with Gasteiger partial charge < -0.3 is 15.4 Å². The molecule has 1 aromatic rings. The SMILES string of the molecule is CCN(CC1CCCO1)c1ccc(CN)cn1. The van der Waals surface area contributed by atoms with E-state index in [0.29, 0.717) is 12.6 Å². The van der Waals surface area contributed by atoms with Crippen molar-refractivity contribution in [2.75, 3.05) is 24.6 Å². The van der Waals surface area contributed by atoms with E-state index in [4.69, 9.17) is 10.5 Å². The molecule has 0 aromatic carbocycles. The van der Waals surface area contributed by atoms with Crippen molar-refractivity contribution in [1.82, 2.24) is 4.98 Å². The minimum atomic E-state index is 0.367. The summed E-state index contributed by atoms with van der Waals surface area (Å²) in [6.07, 6.45) is 4.57. The zero-order valence-electron chi connectivity index (χ0n) is 10.4. The van der Waals surface area contributed by atoms with E-state index >= 15 is 0 Å². The number of ether oxygens (including phenoxy) is 1. The summed E-state index contributed by atoms with van der Waals surface area (Å²) in [5, 5.41) is 0. The molecule has 0 spiro atoms. The highest BCUT2D eigenvalue weighted by molar-refractivity contribution is 5.39.